The van der Waals surface area contributed by atoms with Gasteiger partial charge in [-0.2, -0.15) is 0 Å². The standard InChI is InChI=1S/C25H27N3O5S/c1-17-4-9-21(14-18(17)2)28-34(31,32)23-12-7-20(8-13-23)25(30)27-16-24(29)26-15-19-5-10-22(33-3)11-6-19/h4-14,28H,15-16H2,1-3H3,(H,26,29)(H,27,30). The van der Waals surface area contributed by atoms with Gasteiger partial charge in [0.1, 0.15) is 5.75 Å². The van der Waals surface area contributed by atoms with E-state index in [9.17, 15) is 18.0 Å². The molecule has 3 N–H and O–H groups in total. The summed E-state index contributed by atoms with van der Waals surface area (Å²) in [6.45, 7) is 3.96. The van der Waals surface area contributed by atoms with E-state index >= 15 is 0 Å². The molecule has 0 fully saturated rings. The minimum Gasteiger partial charge on any atom is -0.497 e. The SMILES string of the molecule is COc1ccc(CNC(=O)CNC(=O)c2ccc(S(=O)(=O)Nc3ccc(C)c(C)c3)cc2)cc1. The number of ether oxygens (including phenoxy) is 1. The van der Waals surface area contributed by atoms with Crippen LogP contribution in [0.25, 0.3) is 0 Å². The van der Waals surface area contributed by atoms with Crippen LogP contribution in [0.1, 0.15) is 27.0 Å². The first-order chi connectivity index (χ1) is 16.2. The quantitative estimate of drug-likeness (QED) is 0.435. The van der Waals surface area contributed by atoms with Crippen molar-refractivity contribution in [1.82, 2.24) is 10.6 Å². The number of rotatable bonds is 9. The number of sulfonamides is 1. The number of methoxy groups -OCH3 is 1. The summed E-state index contributed by atoms with van der Waals surface area (Å²) in [5, 5.41) is 5.25. The van der Waals surface area contributed by atoms with Crippen LogP contribution in [-0.4, -0.2) is 33.9 Å². The Kier molecular flexibility index (Phi) is 7.91. The largest absolute Gasteiger partial charge is 0.497 e. The molecule has 0 unspecified atom stereocenters. The zero-order valence-corrected chi connectivity index (χ0v) is 20.0. The van der Waals surface area contributed by atoms with Crippen molar-refractivity contribution in [3.63, 3.8) is 0 Å². The maximum absolute atomic E-state index is 12.6. The Labute approximate surface area is 199 Å². The molecule has 2 amide bonds. The Balaban J connectivity index is 1.52. The van der Waals surface area contributed by atoms with E-state index in [0.717, 1.165) is 22.4 Å². The molecule has 3 aromatic carbocycles. The van der Waals surface area contributed by atoms with Crippen molar-refractivity contribution in [3.8, 4) is 5.75 Å². The highest BCUT2D eigenvalue weighted by molar-refractivity contribution is 7.92. The van der Waals surface area contributed by atoms with Gasteiger partial charge >= 0.3 is 0 Å². The molecule has 178 valence electrons. The third-order valence-electron chi connectivity index (χ3n) is 5.24. The van der Waals surface area contributed by atoms with E-state index in [4.69, 9.17) is 4.74 Å². The molecular weight excluding hydrogens is 454 g/mol. The number of benzene rings is 3. The maximum Gasteiger partial charge on any atom is 0.261 e. The zero-order chi connectivity index (χ0) is 24.7. The van der Waals surface area contributed by atoms with Crippen molar-refractivity contribution in [2.24, 2.45) is 0 Å². The molecular formula is C25H27N3O5S. The first-order valence-electron chi connectivity index (χ1n) is 10.6. The van der Waals surface area contributed by atoms with E-state index in [1.165, 1.54) is 24.3 Å². The van der Waals surface area contributed by atoms with Gasteiger partial charge in [-0.3, -0.25) is 14.3 Å². The first kappa shape index (κ1) is 24.8. The molecule has 0 bridgehead atoms. The average Bonchev–Trinajstić information content (AvgIpc) is 2.83. The first-order valence-corrected chi connectivity index (χ1v) is 12.0. The van der Waals surface area contributed by atoms with E-state index in [1.54, 1.807) is 31.4 Å². The van der Waals surface area contributed by atoms with Crippen LogP contribution in [-0.2, 0) is 21.4 Å². The van der Waals surface area contributed by atoms with Gasteiger partial charge < -0.3 is 15.4 Å². The molecule has 0 atom stereocenters. The minimum absolute atomic E-state index is 0.0273. The van der Waals surface area contributed by atoms with Crippen LogP contribution in [0.4, 0.5) is 5.69 Å². The summed E-state index contributed by atoms with van der Waals surface area (Å²) in [5.41, 5.74) is 3.64. The molecule has 0 aliphatic rings. The normalized spacial score (nSPS) is 10.9. The maximum atomic E-state index is 12.6. The number of hydrogen-bond acceptors (Lipinski definition) is 5. The summed E-state index contributed by atoms with van der Waals surface area (Å²) in [7, 11) is -2.22. The van der Waals surface area contributed by atoms with E-state index in [-0.39, 0.29) is 22.9 Å². The number of aryl methyl sites for hydroxylation is 2. The molecule has 0 spiro atoms. The number of hydrogen-bond donors (Lipinski definition) is 3. The smallest absolute Gasteiger partial charge is 0.261 e. The van der Waals surface area contributed by atoms with Crippen LogP contribution in [0, 0.1) is 13.8 Å². The van der Waals surface area contributed by atoms with Crippen LogP contribution in [0.2, 0.25) is 0 Å². The molecule has 3 rings (SSSR count). The topological polar surface area (TPSA) is 114 Å². The zero-order valence-electron chi connectivity index (χ0n) is 19.2. The number of anilines is 1. The average molecular weight is 482 g/mol. The van der Waals surface area contributed by atoms with E-state index in [0.29, 0.717) is 12.2 Å². The van der Waals surface area contributed by atoms with E-state index in [2.05, 4.69) is 15.4 Å². The number of nitrogens with one attached hydrogen (secondary N) is 3. The fourth-order valence-corrected chi connectivity index (χ4v) is 4.12. The second kappa shape index (κ2) is 10.8. The number of carbonyl (C=O) groups is 2. The van der Waals surface area contributed by atoms with Crippen LogP contribution >= 0.6 is 0 Å². The lowest BCUT2D eigenvalue weighted by molar-refractivity contribution is -0.120. The number of carbonyl (C=O) groups excluding carboxylic acids is 2. The van der Waals surface area contributed by atoms with Crippen molar-refractivity contribution in [2.75, 3.05) is 18.4 Å². The summed E-state index contributed by atoms with van der Waals surface area (Å²) in [6.07, 6.45) is 0. The summed E-state index contributed by atoms with van der Waals surface area (Å²) in [4.78, 5) is 24.4. The third kappa shape index (κ3) is 6.58. The van der Waals surface area contributed by atoms with Crippen molar-refractivity contribution in [2.45, 2.75) is 25.3 Å². The molecule has 3 aromatic rings. The van der Waals surface area contributed by atoms with Crippen molar-refractivity contribution >= 4 is 27.5 Å². The van der Waals surface area contributed by atoms with Crippen molar-refractivity contribution in [3.05, 3.63) is 89.0 Å². The lowest BCUT2D eigenvalue weighted by Crippen LogP contribution is -2.36. The second-order valence-corrected chi connectivity index (χ2v) is 9.42. The molecule has 0 saturated carbocycles. The molecule has 0 heterocycles. The Hall–Kier alpha value is -3.85. The molecule has 34 heavy (non-hydrogen) atoms. The molecule has 0 aromatic heterocycles. The van der Waals surface area contributed by atoms with Gasteiger partial charge in [0.05, 0.1) is 18.6 Å². The molecule has 9 heteroatoms. The predicted octanol–water partition coefficient (Wildman–Crippen LogP) is 3.16. The predicted molar refractivity (Wildman–Crippen MR) is 130 cm³/mol. The van der Waals surface area contributed by atoms with Crippen LogP contribution in [0.5, 0.6) is 5.75 Å². The lowest BCUT2D eigenvalue weighted by Gasteiger charge is -2.11. The molecule has 0 aliphatic heterocycles. The Morgan fingerprint density at radius 3 is 2.15 bits per heavy atom. The molecule has 0 aliphatic carbocycles. The highest BCUT2D eigenvalue weighted by Gasteiger charge is 2.16. The fourth-order valence-electron chi connectivity index (χ4n) is 3.07. The molecule has 0 radical (unpaired) electrons. The van der Waals surface area contributed by atoms with Crippen LogP contribution in [0.15, 0.2) is 71.6 Å². The Morgan fingerprint density at radius 2 is 1.53 bits per heavy atom. The summed E-state index contributed by atoms with van der Waals surface area (Å²) in [6, 6.07) is 18.1. The van der Waals surface area contributed by atoms with E-state index < -0.39 is 15.9 Å². The van der Waals surface area contributed by atoms with Crippen molar-refractivity contribution in [1.29, 1.82) is 0 Å². The van der Waals surface area contributed by atoms with Gasteiger partial charge in [0.15, 0.2) is 0 Å². The fraction of sp³-hybridized carbons (Fsp3) is 0.200. The lowest BCUT2D eigenvalue weighted by atomic mass is 10.1. The van der Waals surface area contributed by atoms with Crippen LogP contribution < -0.4 is 20.1 Å². The highest BCUT2D eigenvalue weighted by Crippen LogP contribution is 2.19. The molecule has 0 saturated heterocycles. The van der Waals surface area contributed by atoms with E-state index in [1.807, 2.05) is 32.0 Å². The minimum atomic E-state index is -3.80. The second-order valence-electron chi connectivity index (χ2n) is 7.74. The van der Waals surface area contributed by atoms with Gasteiger partial charge in [0.25, 0.3) is 15.9 Å². The highest BCUT2D eigenvalue weighted by atomic mass is 32.2. The summed E-state index contributed by atoms with van der Waals surface area (Å²) >= 11 is 0. The van der Waals surface area contributed by atoms with Crippen molar-refractivity contribution < 1.29 is 22.7 Å². The Morgan fingerprint density at radius 1 is 0.853 bits per heavy atom. The third-order valence-corrected chi connectivity index (χ3v) is 6.64. The van der Waals surface area contributed by atoms with Gasteiger partial charge in [0.2, 0.25) is 5.91 Å². The summed E-state index contributed by atoms with van der Waals surface area (Å²) < 4.78 is 32.9. The monoisotopic (exact) mass is 481 g/mol. The van der Waals surface area contributed by atoms with Gasteiger partial charge in [-0.1, -0.05) is 18.2 Å². The van der Waals surface area contributed by atoms with Gasteiger partial charge in [-0.25, -0.2) is 8.42 Å². The summed E-state index contributed by atoms with van der Waals surface area (Å²) in [5.74, 6) is -0.103. The van der Waals surface area contributed by atoms with Crippen LogP contribution in [0.3, 0.4) is 0 Å². The van der Waals surface area contributed by atoms with Gasteiger partial charge in [-0.05, 0) is 79.1 Å². The van der Waals surface area contributed by atoms with Gasteiger partial charge in [-0.15, -0.1) is 0 Å². The Bertz CT molecular complexity index is 1270. The number of amides is 2. The molecule has 8 nitrogen and oxygen atoms in total. The van der Waals surface area contributed by atoms with Gasteiger partial charge in [0, 0.05) is 17.8 Å².